The quantitative estimate of drug-likeness (QED) is 0.706. The second-order valence-corrected chi connectivity index (χ2v) is 4.97. The number of hydrogen-bond acceptors (Lipinski definition) is 3. The number of carbonyl (C=O) groups excluding carboxylic acids is 1. The molecule has 0 spiro atoms. The van der Waals surface area contributed by atoms with Crippen LogP contribution in [0.4, 0.5) is 0 Å². The highest BCUT2D eigenvalue weighted by Crippen LogP contribution is 2.47. The van der Waals surface area contributed by atoms with Crippen LogP contribution in [0.15, 0.2) is 0 Å². The van der Waals surface area contributed by atoms with Crippen molar-refractivity contribution >= 4 is 23.1 Å². The predicted molar refractivity (Wildman–Crippen MR) is 67.2 cm³/mol. The van der Waals surface area contributed by atoms with Gasteiger partial charge in [0, 0.05) is 19.7 Å². The normalized spacial score (nSPS) is 17.2. The largest absolute Gasteiger partial charge is 0.392 e. The van der Waals surface area contributed by atoms with Gasteiger partial charge in [-0.2, -0.15) is 0 Å². The number of methoxy groups -OCH3 is 1. The molecule has 1 amide bonds. The van der Waals surface area contributed by atoms with Gasteiger partial charge in [-0.15, -0.1) is 0 Å². The minimum absolute atomic E-state index is 0.0621. The Labute approximate surface area is 102 Å². The minimum atomic E-state index is -0.548. The van der Waals surface area contributed by atoms with E-state index in [0.29, 0.717) is 18.1 Å². The lowest BCUT2D eigenvalue weighted by Crippen LogP contribution is -2.47. The Balaban J connectivity index is 2.72. The molecule has 0 aliphatic heterocycles. The lowest BCUT2D eigenvalue weighted by molar-refractivity contribution is -0.136. The Morgan fingerprint density at radius 3 is 2.44 bits per heavy atom. The zero-order chi connectivity index (χ0) is 12.3. The highest BCUT2D eigenvalue weighted by Gasteiger charge is 2.54. The van der Waals surface area contributed by atoms with Crippen LogP contribution in [0.1, 0.15) is 26.7 Å². The number of hydrogen-bond donors (Lipinski definition) is 1. The van der Waals surface area contributed by atoms with Crippen LogP contribution in [0, 0.1) is 5.41 Å². The fourth-order valence-electron chi connectivity index (χ4n) is 1.75. The molecule has 0 heterocycles. The monoisotopic (exact) mass is 244 g/mol. The number of ether oxygens (including phenoxy) is 1. The van der Waals surface area contributed by atoms with Gasteiger partial charge in [0.05, 0.1) is 17.0 Å². The van der Waals surface area contributed by atoms with Gasteiger partial charge in [-0.1, -0.05) is 12.2 Å². The maximum Gasteiger partial charge on any atom is 0.235 e. The van der Waals surface area contributed by atoms with Crippen molar-refractivity contribution in [3.8, 4) is 0 Å². The van der Waals surface area contributed by atoms with Gasteiger partial charge in [-0.05, 0) is 26.7 Å². The summed E-state index contributed by atoms with van der Waals surface area (Å²) in [6.45, 7) is 5.11. The average molecular weight is 244 g/mol. The molecule has 1 aliphatic carbocycles. The number of rotatable bonds is 6. The van der Waals surface area contributed by atoms with Crippen LogP contribution in [0.2, 0.25) is 0 Å². The van der Waals surface area contributed by atoms with E-state index in [9.17, 15) is 4.79 Å². The predicted octanol–water partition coefficient (Wildman–Crippen LogP) is 0.936. The van der Waals surface area contributed by atoms with E-state index in [2.05, 4.69) is 0 Å². The average Bonchev–Trinajstić information content (AvgIpc) is 2.98. The minimum Gasteiger partial charge on any atom is -0.392 e. The number of thiocarbonyl (C=S) groups is 1. The van der Waals surface area contributed by atoms with E-state index in [1.807, 2.05) is 13.8 Å². The van der Waals surface area contributed by atoms with Crippen molar-refractivity contribution in [2.75, 3.05) is 20.3 Å². The molecule has 2 N–H and O–H groups in total. The summed E-state index contributed by atoms with van der Waals surface area (Å²) in [6.07, 6.45) is 1.58. The van der Waals surface area contributed by atoms with E-state index in [0.717, 1.165) is 12.8 Å². The summed E-state index contributed by atoms with van der Waals surface area (Å²) in [7, 11) is 1.63. The second kappa shape index (κ2) is 5.10. The lowest BCUT2D eigenvalue weighted by atomic mass is 10.0. The molecule has 1 fully saturated rings. The van der Waals surface area contributed by atoms with Crippen LogP contribution in [0.5, 0.6) is 0 Å². The van der Waals surface area contributed by atoms with E-state index >= 15 is 0 Å². The highest BCUT2D eigenvalue weighted by atomic mass is 32.1. The van der Waals surface area contributed by atoms with Gasteiger partial charge in [-0.3, -0.25) is 4.79 Å². The third-order valence-electron chi connectivity index (χ3n) is 3.05. The van der Waals surface area contributed by atoms with Crippen molar-refractivity contribution in [3.63, 3.8) is 0 Å². The Kier molecular flexibility index (Phi) is 4.27. The van der Waals surface area contributed by atoms with Crippen LogP contribution in [-0.4, -0.2) is 42.1 Å². The van der Waals surface area contributed by atoms with Crippen molar-refractivity contribution < 1.29 is 9.53 Å². The molecule has 0 atom stereocenters. The van der Waals surface area contributed by atoms with Gasteiger partial charge >= 0.3 is 0 Å². The van der Waals surface area contributed by atoms with Gasteiger partial charge in [-0.25, -0.2) is 0 Å². The van der Waals surface area contributed by atoms with Crippen molar-refractivity contribution in [1.29, 1.82) is 0 Å². The van der Waals surface area contributed by atoms with Crippen LogP contribution < -0.4 is 5.73 Å². The SMILES string of the molecule is COCCN(C(=O)C1(C(N)=S)CC1)C(C)C. The number of carbonyl (C=O) groups is 1. The molecular weight excluding hydrogens is 224 g/mol. The van der Waals surface area contributed by atoms with Crippen molar-refractivity contribution in [2.24, 2.45) is 11.1 Å². The highest BCUT2D eigenvalue weighted by molar-refractivity contribution is 7.80. The number of nitrogens with zero attached hydrogens (tertiary/aromatic N) is 1. The van der Waals surface area contributed by atoms with Crippen LogP contribution in [0.3, 0.4) is 0 Å². The molecule has 1 saturated carbocycles. The van der Waals surface area contributed by atoms with Gasteiger partial charge < -0.3 is 15.4 Å². The Bertz CT molecular complexity index is 288. The standard InChI is InChI=1S/C11H20N2O2S/c1-8(2)13(6-7-15-3)10(14)11(4-5-11)9(12)16/h8H,4-7H2,1-3H3,(H2,12,16). The third-order valence-corrected chi connectivity index (χ3v) is 3.44. The van der Waals surface area contributed by atoms with E-state index in [-0.39, 0.29) is 11.9 Å². The summed E-state index contributed by atoms with van der Waals surface area (Å²) in [5.74, 6) is 0.0621. The molecule has 0 bridgehead atoms. The molecule has 1 rings (SSSR count). The summed E-state index contributed by atoms with van der Waals surface area (Å²) in [5, 5.41) is 0. The molecule has 0 saturated heterocycles. The first-order chi connectivity index (χ1) is 7.45. The molecule has 0 aromatic rings. The first-order valence-corrected chi connectivity index (χ1v) is 5.96. The van der Waals surface area contributed by atoms with Crippen molar-refractivity contribution in [1.82, 2.24) is 4.90 Å². The summed E-state index contributed by atoms with van der Waals surface area (Å²) in [4.78, 5) is 14.5. The first-order valence-electron chi connectivity index (χ1n) is 5.55. The summed E-state index contributed by atoms with van der Waals surface area (Å²) < 4.78 is 5.01. The molecule has 92 valence electrons. The topological polar surface area (TPSA) is 55.6 Å². The molecular formula is C11H20N2O2S. The molecule has 0 unspecified atom stereocenters. The van der Waals surface area contributed by atoms with E-state index in [1.165, 1.54) is 0 Å². The van der Waals surface area contributed by atoms with Crippen LogP contribution >= 0.6 is 12.2 Å². The zero-order valence-corrected chi connectivity index (χ0v) is 11.0. The Morgan fingerprint density at radius 2 is 2.12 bits per heavy atom. The fourth-order valence-corrected chi connectivity index (χ4v) is 2.04. The number of nitrogens with two attached hydrogens (primary N) is 1. The summed E-state index contributed by atoms with van der Waals surface area (Å²) >= 11 is 4.99. The maximum absolute atomic E-state index is 12.3. The van der Waals surface area contributed by atoms with Crippen LogP contribution in [0.25, 0.3) is 0 Å². The smallest absolute Gasteiger partial charge is 0.235 e. The van der Waals surface area contributed by atoms with Gasteiger partial charge in [0.2, 0.25) is 5.91 Å². The van der Waals surface area contributed by atoms with Gasteiger partial charge in [0.15, 0.2) is 0 Å². The summed E-state index contributed by atoms with van der Waals surface area (Å²) in [5.41, 5.74) is 5.10. The van der Waals surface area contributed by atoms with E-state index in [4.69, 9.17) is 22.7 Å². The first kappa shape index (κ1) is 13.4. The molecule has 0 aromatic heterocycles. The molecule has 5 heteroatoms. The molecule has 0 aromatic carbocycles. The Morgan fingerprint density at radius 1 is 1.56 bits per heavy atom. The molecule has 4 nitrogen and oxygen atoms in total. The van der Waals surface area contributed by atoms with Crippen molar-refractivity contribution in [2.45, 2.75) is 32.7 Å². The lowest BCUT2D eigenvalue weighted by Gasteiger charge is -2.30. The summed E-state index contributed by atoms with van der Waals surface area (Å²) in [6, 6.07) is 0.148. The van der Waals surface area contributed by atoms with Crippen molar-refractivity contribution in [3.05, 3.63) is 0 Å². The third kappa shape index (κ3) is 2.52. The Hall–Kier alpha value is -0.680. The van der Waals surface area contributed by atoms with Gasteiger partial charge in [0.25, 0.3) is 0 Å². The van der Waals surface area contributed by atoms with E-state index < -0.39 is 5.41 Å². The fraction of sp³-hybridized carbons (Fsp3) is 0.818. The molecule has 16 heavy (non-hydrogen) atoms. The zero-order valence-electron chi connectivity index (χ0n) is 10.2. The van der Waals surface area contributed by atoms with Crippen LogP contribution in [-0.2, 0) is 9.53 Å². The molecule has 1 aliphatic rings. The van der Waals surface area contributed by atoms with E-state index in [1.54, 1.807) is 12.0 Å². The number of amides is 1. The molecule has 0 radical (unpaired) electrons. The maximum atomic E-state index is 12.3. The van der Waals surface area contributed by atoms with Gasteiger partial charge in [0.1, 0.15) is 0 Å². The second-order valence-electron chi connectivity index (χ2n) is 4.53.